The van der Waals surface area contributed by atoms with Gasteiger partial charge in [-0.1, -0.05) is 22.0 Å². The molecule has 1 unspecified atom stereocenters. The third kappa shape index (κ3) is 3.23. The third-order valence-electron chi connectivity index (χ3n) is 3.32. The minimum Gasteiger partial charge on any atom is -0.382 e. The first kappa shape index (κ1) is 12.9. The fourth-order valence-electron chi connectivity index (χ4n) is 2.34. The van der Waals surface area contributed by atoms with Gasteiger partial charge in [-0.15, -0.1) is 0 Å². The van der Waals surface area contributed by atoms with Crippen molar-refractivity contribution < 1.29 is 4.74 Å². The molecule has 2 nitrogen and oxygen atoms in total. The average Bonchev–Trinajstić information content (AvgIpc) is 2.23. The maximum atomic E-state index is 5.74. The third-order valence-corrected chi connectivity index (χ3v) is 4.18. The topological polar surface area (TPSA) is 21.3 Å². The molecule has 94 valence electrons. The van der Waals surface area contributed by atoms with E-state index in [-0.39, 0.29) is 5.60 Å². The van der Waals surface area contributed by atoms with Gasteiger partial charge in [-0.2, -0.15) is 0 Å². The Morgan fingerprint density at radius 3 is 2.88 bits per heavy atom. The van der Waals surface area contributed by atoms with Crippen molar-refractivity contribution in [2.75, 3.05) is 11.9 Å². The van der Waals surface area contributed by atoms with Gasteiger partial charge in [0.1, 0.15) is 0 Å². The van der Waals surface area contributed by atoms with E-state index in [0.29, 0.717) is 6.04 Å². The van der Waals surface area contributed by atoms with Crippen LogP contribution in [0, 0.1) is 6.92 Å². The standard InChI is InChI=1S/C14H20BrNO/c1-10-12(15)5-4-6-13(10)16-11-7-8-17-14(2,3)9-11/h4-6,11,16H,7-9H2,1-3H3. The summed E-state index contributed by atoms with van der Waals surface area (Å²) in [5, 5.41) is 3.64. The Morgan fingerprint density at radius 1 is 1.41 bits per heavy atom. The number of halogens is 1. The van der Waals surface area contributed by atoms with Crippen LogP contribution in [0.5, 0.6) is 0 Å². The van der Waals surface area contributed by atoms with E-state index in [4.69, 9.17) is 4.74 Å². The number of benzene rings is 1. The van der Waals surface area contributed by atoms with E-state index in [1.807, 2.05) is 0 Å². The van der Waals surface area contributed by atoms with Crippen molar-refractivity contribution in [1.29, 1.82) is 0 Å². The minimum absolute atomic E-state index is 0.00413. The lowest BCUT2D eigenvalue weighted by Gasteiger charge is -2.36. The van der Waals surface area contributed by atoms with Gasteiger partial charge in [0.25, 0.3) is 0 Å². The van der Waals surface area contributed by atoms with Gasteiger partial charge in [0.2, 0.25) is 0 Å². The molecule has 1 atom stereocenters. The Kier molecular flexibility index (Phi) is 3.79. The Labute approximate surface area is 112 Å². The quantitative estimate of drug-likeness (QED) is 0.886. The highest BCUT2D eigenvalue weighted by Crippen LogP contribution is 2.29. The van der Waals surface area contributed by atoms with Gasteiger partial charge in [-0.25, -0.2) is 0 Å². The highest BCUT2D eigenvalue weighted by Gasteiger charge is 2.28. The van der Waals surface area contributed by atoms with Gasteiger partial charge >= 0.3 is 0 Å². The van der Waals surface area contributed by atoms with Crippen molar-refractivity contribution in [1.82, 2.24) is 0 Å². The van der Waals surface area contributed by atoms with E-state index < -0.39 is 0 Å². The van der Waals surface area contributed by atoms with Crippen molar-refractivity contribution in [3.63, 3.8) is 0 Å². The summed E-state index contributed by atoms with van der Waals surface area (Å²) in [4.78, 5) is 0. The lowest BCUT2D eigenvalue weighted by molar-refractivity contribution is -0.0553. The molecule has 0 amide bonds. The smallest absolute Gasteiger partial charge is 0.0646 e. The van der Waals surface area contributed by atoms with Crippen molar-refractivity contribution in [2.24, 2.45) is 0 Å². The molecule has 1 saturated heterocycles. The van der Waals surface area contributed by atoms with E-state index in [1.165, 1.54) is 11.3 Å². The van der Waals surface area contributed by atoms with Crippen LogP contribution in [0.3, 0.4) is 0 Å². The Bertz CT molecular complexity index is 403. The molecule has 1 fully saturated rings. The highest BCUT2D eigenvalue weighted by atomic mass is 79.9. The fraction of sp³-hybridized carbons (Fsp3) is 0.571. The molecular weight excluding hydrogens is 278 g/mol. The molecule has 0 spiro atoms. The largest absolute Gasteiger partial charge is 0.382 e. The Morgan fingerprint density at radius 2 is 2.18 bits per heavy atom. The van der Waals surface area contributed by atoms with Crippen LogP contribution in [0.1, 0.15) is 32.3 Å². The van der Waals surface area contributed by atoms with Crippen LogP contribution in [0.25, 0.3) is 0 Å². The first-order valence-corrected chi connectivity index (χ1v) is 6.93. The van der Waals surface area contributed by atoms with Crippen LogP contribution in [0.4, 0.5) is 5.69 Å². The van der Waals surface area contributed by atoms with Gasteiger partial charge < -0.3 is 10.1 Å². The van der Waals surface area contributed by atoms with Crippen molar-refractivity contribution in [3.8, 4) is 0 Å². The summed E-state index contributed by atoms with van der Waals surface area (Å²) < 4.78 is 6.90. The number of hydrogen-bond donors (Lipinski definition) is 1. The van der Waals surface area contributed by atoms with E-state index in [9.17, 15) is 0 Å². The van der Waals surface area contributed by atoms with E-state index in [2.05, 4.69) is 60.2 Å². The van der Waals surface area contributed by atoms with Crippen LogP contribution >= 0.6 is 15.9 Å². The summed E-state index contributed by atoms with van der Waals surface area (Å²) in [5.41, 5.74) is 2.49. The molecule has 1 aromatic carbocycles. The van der Waals surface area contributed by atoms with Gasteiger partial charge in [-0.05, 0) is 51.3 Å². The Hall–Kier alpha value is -0.540. The normalized spacial score (nSPS) is 23.4. The van der Waals surface area contributed by atoms with Crippen LogP contribution in [0.2, 0.25) is 0 Å². The number of ether oxygens (including phenoxy) is 1. The summed E-state index contributed by atoms with van der Waals surface area (Å²) in [6.45, 7) is 7.30. The lowest BCUT2D eigenvalue weighted by Crippen LogP contribution is -2.40. The first-order chi connectivity index (χ1) is 7.98. The molecule has 0 aromatic heterocycles. The molecular formula is C14H20BrNO. The summed E-state index contributed by atoms with van der Waals surface area (Å²) in [6, 6.07) is 6.80. The monoisotopic (exact) mass is 297 g/mol. The second-order valence-electron chi connectivity index (χ2n) is 5.35. The Balaban J connectivity index is 2.08. The maximum Gasteiger partial charge on any atom is 0.0646 e. The predicted octanol–water partition coefficient (Wildman–Crippen LogP) is 4.13. The van der Waals surface area contributed by atoms with Gasteiger partial charge in [0.15, 0.2) is 0 Å². The molecule has 1 aromatic rings. The first-order valence-electron chi connectivity index (χ1n) is 6.13. The van der Waals surface area contributed by atoms with Crippen LogP contribution in [0.15, 0.2) is 22.7 Å². The fourth-order valence-corrected chi connectivity index (χ4v) is 2.71. The SMILES string of the molecule is Cc1c(Br)cccc1NC1CCOC(C)(C)C1. The van der Waals surface area contributed by atoms with Crippen LogP contribution < -0.4 is 5.32 Å². The molecule has 1 N–H and O–H groups in total. The molecule has 1 heterocycles. The second kappa shape index (κ2) is 4.99. The lowest BCUT2D eigenvalue weighted by atomic mass is 9.93. The minimum atomic E-state index is -0.00413. The number of rotatable bonds is 2. The molecule has 2 rings (SSSR count). The predicted molar refractivity (Wildman–Crippen MR) is 75.6 cm³/mol. The van der Waals surface area contributed by atoms with Crippen LogP contribution in [-0.2, 0) is 4.74 Å². The van der Waals surface area contributed by atoms with Crippen molar-refractivity contribution >= 4 is 21.6 Å². The summed E-state index contributed by atoms with van der Waals surface area (Å²) in [7, 11) is 0. The maximum absolute atomic E-state index is 5.74. The van der Waals surface area contributed by atoms with Gasteiger partial charge in [0, 0.05) is 22.8 Å². The summed E-state index contributed by atoms with van der Waals surface area (Å²) in [6.07, 6.45) is 2.13. The molecule has 0 aliphatic carbocycles. The number of nitrogens with one attached hydrogen (secondary N) is 1. The zero-order chi connectivity index (χ0) is 12.5. The molecule has 17 heavy (non-hydrogen) atoms. The average molecular weight is 298 g/mol. The number of hydrogen-bond acceptors (Lipinski definition) is 2. The second-order valence-corrected chi connectivity index (χ2v) is 6.21. The molecule has 1 aliphatic heterocycles. The van der Waals surface area contributed by atoms with Crippen molar-refractivity contribution in [2.45, 2.75) is 45.3 Å². The summed E-state index contributed by atoms with van der Waals surface area (Å²) >= 11 is 3.57. The molecule has 1 aliphatic rings. The molecule has 3 heteroatoms. The van der Waals surface area contributed by atoms with E-state index >= 15 is 0 Å². The van der Waals surface area contributed by atoms with Crippen molar-refractivity contribution in [3.05, 3.63) is 28.2 Å². The number of anilines is 1. The highest BCUT2D eigenvalue weighted by molar-refractivity contribution is 9.10. The van der Waals surface area contributed by atoms with Gasteiger partial charge in [-0.3, -0.25) is 0 Å². The van der Waals surface area contributed by atoms with Crippen LogP contribution in [-0.4, -0.2) is 18.2 Å². The molecule has 0 radical (unpaired) electrons. The zero-order valence-corrected chi connectivity index (χ0v) is 12.3. The zero-order valence-electron chi connectivity index (χ0n) is 10.7. The molecule has 0 saturated carbocycles. The summed E-state index contributed by atoms with van der Waals surface area (Å²) in [5.74, 6) is 0. The van der Waals surface area contributed by atoms with E-state index in [0.717, 1.165) is 23.9 Å². The van der Waals surface area contributed by atoms with E-state index in [1.54, 1.807) is 0 Å². The molecule has 0 bridgehead atoms. The van der Waals surface area contributed by atoms with Gasteiger partial charge in [0.05, 0.1) is 5.60 Å².